The molecule has 0 radical (unpaired) electrons. The Morgan fingerprint density at radius 1 is 0.615 bits per heavy atom. The number of nitrogens with two attached hydrogens (primary N) is 2. The van der Waals surface area contributed by atoms with Crippen LogP contribution in [0.4, 0.5) is 0 Å². The summed E-state index contributed by atoms with van der Waals surface area (Å²) in [6.07, 6.45) is 5.81. The van der Waals surface area contributed by atoms with Crippen LogP contribution in [0.15, 0.2) is 0 Å². The van der Waals surface area contributed by atoms with Gasteiger partial charge in [0.15, 0.2) is 0 Å². The maximum atomic E-state index is 11.5. The van der Waals surface area contributed by atoms with Crippen molar-refractivity contribution in [1.82, 2.24) is 10.6 Å². The van der Waals surface area contributed by atoms with Gasteiger partial charge in [0.1, 0.15) is 0 Å². The van der Waals surface area contributed by atoms with Gasteiger partial charge in [-0.15, -0.1) is 0 Å². The summed E-state index contributed by atoms with van der Waals surface area (Å²) in [5, 5.41) is 6.52. The van der Waals surface area contributed by atoms with Crippen molar-refractivity contribution in [3.8, 4) is 0 Å². The fraction of sp³-hybridized carbons (Fsp3) is 0.889. The van der Waals surface area contributed by atoms with E-state index in [9.17, 15) is 9.59 Å². The van der Waals surface area contributed by atoms with Crippen LogP contribution in [0, 0.1) is 0 Å². The Balaban J connectivity index is 3.33. The van der Waals surface area contributed by atoms with Crippen molar-refractivity contribution in [2.75, 3.05) is 52.5 Å². The molecule has 8 heteroatoms. The van der Waals surface area contributed by atoms with Crippen molar-refractivity contribution in [3.05, 3.63) is 0 Å². The van der Waals surface area contributed by atoms with Crippen LogP contribution in [0.5, 0.6) is 0 Å². The van der Waals surface area contributed by atoms with Crippen molar-refractivity contribution < 1.29 is 19.1 Å². The Bertz CT molecular complexity index is 311. The summed E-state index contributed by atoms with van der Waals surface area (Å²) in [6.45, 7) is 5.64. The minimum absolute atomic E-state index is 0.0695. The van der Waals surface area contributed by atoms with E-state index < -0.39 is 0 Å². The fourth-order valence-electron chi connectivity index (χ4n) is 2.15. The van der Waals surface area contributed by atoms with Gasteiger partial charge in [0, 0.05) is 0 Å². The van der Waals surface area contributed by atoms with E-state index in [0.717, 1.165) is 64.7 Å². The summed E-state index contributed by atoms with van der Waals surface area (Å²) in [6, 6.07) is 0. The lowest BCUT2D eigenvalue weighted by Crippen LogP contribution is -2.20. The van der Waals surface area contributed by atoms with Gasteiger partial charge in [-0.3, -0.25) is 9.59 Å². The smallest absolute Gasteiger partial charge is 0.306 e. The van der Waals surface area contributed by atoms with Gasteiger partial charge in [-0.1, -0.05) is 0 Å². The molecule has 0 saturated heterocycles. The van der Waals surface area contributed by atoms with Crippen molar-refractivity contribution >= 4 is 11.9 Å². The van der Waals surface area contributed by atoms with Crippen molar-refractivity contribution in [2.45, 2.75) is 51.4 Å². The van der Waals surface area contributed by atoms with Crippen LogP contribution >= 0.6 is 0 Å². The Morgan fingerprint density at radius 2 is 1.00 bits per heavy atom. The zero-order chi connectivity index (χ0) is 19.3. The Morgan fingerprint density at radius 3 is 1.38 bits per heavy atom. The molecular formula is C18H38N4O4. The summed E-state index contributed by atoms with van der Waals surface area (Å²) in [5.74, 6) is -0.710. The zero-order valence-corrected chi connectivity index (χ0v) is 16.1. The predicted octanol–water partition coefficient (Wildman–Crippen LogP) is 0.290. The Kier molecular flexibility index (Phi) is 19.2. The minimum Gasteiger partial charge on any atom is -0.466 e. The van der Waals surface area contributed by atoms with Gasteiger partial charge in [-0.05, 0) is 77.8 Å². The van der Waals surface area contributed by atoms with Crippen molar-refractivity contribution in [1.29, 1.82) is 0 Å². The molecule has 0 rings (SSSR count). The summed E-state index contributed by atoms with van der Waals surface area (Å²) >= 11 is 0. The second-order valence-corrected chi connectivity index (χ2v) is 6.14. The van der Waals surface area contributed by atoms with E-state index in [1.165, 1.54) is 0 Å². The molecule has 0 aliphatic rings. The molecule has 26 heavy (non-hydrogen) atoms. The van der Waals surface area contributed by atoms with Gasteiger partial charge in [0.05, 0.1) is 26.1 Å². The molecule has 0 aliphatic carbocycles. The van der Waals surface area contributed by atoms with Crippen LogP contribution in [-0.2, 0) is 19.1 Å². The van der Waals surface area contributed by atoms with Crippen LogP contribution in [0.3, 0.4) is 0 Å². The van der Waals surface area contributed by atoms with E-state index in [-0.39, 0.29) is 24.8 Å². The van der Waals surface area contributed by atoms with Gasteiger partial charge in [0.25, 0.3) is 0 Å². The lowest BCUT2D eigenvalue weighted by Gasteiger charge is -2.07. The summed E-state index contributed by atoms with van der Waals surface area (Å²) in [5.41, 5.74) is 10.8. The first-order valence-electron chi connectivity index (χ1n) is 9.83. The van der Waals surface area contributed by atoms with Crippen LogP contribution < -0.4 is 22.1 Å². The van der Waals surface area contributed by atoms with E-state index in [1.807, 2.05) is 0 Å². The number of carbonyl (C=O) groups is 2. The van der Waals surface area contributed by atoms with Gasteiger partial charge in [-0.25, -0.2) is 0 Å². The third kappa shape index (κ3) is 19.1. The van der Waals surface area contributed by atoms with E-state index in [0.29, 0.717) is 26.3 Å². The van der Waals surface area contributed by atoms with Crippen LogP contribution in [0.1, 0.15) is 51.4 Å². The zero-order valence-electron chi connectivity index (χ0n) is 16.1. The molecule has 0 aromatic rings. The first-order valence-corrected chi connectivity index (χ1v) is 9.83. The Labute approximate surface area is 157 Å². The Hall–Kier alpha value is -1.22. The molecule has 0 aromatic carbocycles. The second-order valence-electron chi connectivity index (χ2n) is 6.14. The average molecular weight is 375 g/mol. The lowest BCUT2D eigenvalue weighted by atomic mass is 10.3. The molecule has 8 nitrogen and oxygen atoms in total. The molecule has 0 amide bonds. The maximum absolute atomic E-state index is 11.5. The summed E-state index contributed by atoms with van der Waals surface area (Å²) < 4.78 is 10.2. The van der Waals surface area contributed by atoms with Crippen molar-refractivity contribution in [3.63, 3.8) is 0 Å². The number of esters is 2. The van der Waals surface area contributed by atoms with Crippen molar-refractivity contribution in [2.24, 2.45) is 11.5 Å². The second kappa shape index (κ2) is 20.1. The number of unbranched alkanes of at least 4 members (excludes halogenated alkanes) is 2. The standard InChI is InChI=1S/C18H38N4O4/c19-9-1-3-11-21-13-5-15-25-17(23)7-8-18(24)26-16-6-14-22-12-4-2-10-20/h21-22H,1-16,19-20H2. The highest BCUT2D eigenvalue weighted by Gasteiger charge is 2.08. The molecule has 0 fully saturated rings. The van der Waals surface area contributed by atoms with E-state index in [4.69, 9.17) is 20.9 Å². The number of rotatable bonds is 19. The number of carbonyl (C=O) groups excluding carboxylic acids is 2. The van der Waals surface area contributed by atoms with E-state index >= 15 is 0 Å². The minimum atomic E-state index is -0.355. The summed E-state index contributed by atoms with van der Waals surface area (Å²) in [7, 11) is 0. The third-order valence-electron chi connectivity index (χ3n) is 3.67. The molecule has 0 saturated carbocycles. The van der Waals surface area contributed by atoms with Crippen LogP contribution in [-0.4, -0.2) is 64.4 Å². The number of hydrogen-bond acceptors (Lipinski definition) is 8. The first-order chi connectivity index (χ1) is 12.7. The fourth-order valence-corrected chi connectivity index (χ4v) is 2.15. The van der Waals surface area contributed by atoms with Gasteiger partial charge in [0.2, 0.25) is 0 Å². The summed E-state index contributed by atoms with van der Waals surface area (Å²) in [4.78, 5) is 23.1. The van der Waals surface area contributed by atoms with Gasteiger partial charge in [-0.2, -0.15) is 0 Å². The first kappa shape index (κ1) is 24.8. The van der Waals surface area contributed by atoms with E-state index in [1.54, 1.807) is 0 Å². The van der Waals surface area contributed by atoms with Gasteiger partial charge < -0.3 is 31.6 Å². The third-order valence-corrected chi connectivity index (χ3v) is 3.67. The highest BCUT2D eigenvalue weighted by Crippen LogP contribution is 1.97. The molecule has 0 aromatic heterocycles. The normalized spacial score (nSPS) is 10.7. The van der Waals surface area contributed by atoms with E-state index in [2.05, 4.69) is 10.6 Å². The molecule has 0 unspecified atom stereocenters. The number of hydrogen-bond donors (Lipinski definition) is 4. The SMILES string of the molecule is NCCCCNCCCOC(=O)CCC(=O)OCCCNCCCCN. The van der Waals surface area contributed by atoms with Crippen LogP contribution in [0.2, 0.25) is 0 Å². The highest BCUT2D eigenvalue weighted by atomic mass is 16.5. The van der Waals surface area contributed by atoms with Gasteiger partial charge >= 0.3 is 11.9 Å². The largest absolute Gasteiger partial charge is 0.466 e. The number of ether oxygens (including phenoxy) is 2. The molecule has 0 spiro atoms. The molecule has 0 heterocycles. The highest BCUT2D eigenvalue weighted by molar-refractivity contribution is 5.77. The quantitative estimate of drug-likeness (QED) is 0.188. The molecule has 0 bridgehead atoms. The molecule has 154 valence electrons. The number of nitrogens with one attached hydrogen (secondary N) is 2. The molecular weight excluding hydrogens is 336 g/mol. The topological polar surface area (TPSA) is 129 Å². The average Bonchev–Trinajstić information content (AvgIpc) is 2.64. The molecule has 0 atom stereocenters. The molecule has 0 aliphatic heterocycles. The molecule has 6 N–H and O–H groups in total. The predicted molar refractivity (Wildman–Crippen MR) is 103 cm³/mol. The monoisotopic (exact) mass is 374 g/mol. The maximum Gasteiger partial charge on any atom is 0.306 e. The van der Waals surface area contributed by atoms with Crippen LogP contribution in [0.25, 0.3) is 0 Å². The lowest BCUT2D eigenvalue weighted by molar-refractivity contribution is -0.150.